The Balaban J connectivity index is 1.70. The number of aromatic nitrogens is 1. The zero-order chi connectivity index (χ0) is 22.9. The van der Waals surface area contributed by atoms with Gasteiger partial charge in [-0.15, -0.1) is 0 Å². The first-order valence-electron chi connectivity index (χ1n) is 10.3. The van der Waals surface area contributed by atoms with Crippen molar-refractivity contribution in [3.8, 4) is 0 Å². The average molecular weight is 467 g/mol. The molecule has 0 bridgehead atoms. The number of carbonyl (C=O) groups excluding carboxylic acids is 2. The van der Waals surface area contributed by atoms with Crippen molar-refractivity contribution in [2.24, 2.45) is 0 Å². The van der Waals surface area contributed by atoms with E-state index < -0.39 is 35.8 Å². The highest BCUT2D eigenvalue weighted by Gasteiger charge is 2.45. The Labute approximate surface area is 188 Å². The number of nitrogens with zero attached hydrogens (tertiary/aromatic N) is 2. The molecule has 1 aromatic heterocycles. The van der Waals surface area contributed by atoms with Crippen LogP contribution in [0.5, 0.6) is 0 Å². The van der Waals surface area contributed by atoms with Crippen molar-refractivity contribution in [2.45, 2.75) is 49.7 Å². The molecule has 170 valence electrons. The Morgan fingerprint density at radius 1 is 1.31 bits per heavy atom. The maximum absolute atomic E-state index is 14.0. The maximum Gasteiger partial charge on any atom is 0.251 e. The lowest BCUT2D eigenvalue weighted by atomic mass is 9.88. The molecule has 2 atom stereocenters. The molecule has 0 radical (unpaired) electrons. The lowest BCUT2D eigenvalue weighted by Crippen LogP contribution is -2.53. The molecule has 4 rings (SSSR count). The average Bonchev–Trinajstić information content (AvgIpc) is 3.16. The van der Waals surface area contributed by atoms with E-state index in [1.54, 1.807) is 24.3 Å². The summed E-state index contributed by atoms with van der Waals surface area (Å²) >= 11 is 6.43. The molecule has 1 saturated heterocycles. The third-order valence-corrected chi connectivity index (χ3v) is 6.11. The van der Waals surface area contributed by atoms with Crippen molar-refractivity contribution >= 4 is 29.1 Å². The molecule has 0 spiro atoms. The van der Waals surface area contributed by atoms with Gasteiger partial charge in [0, 0.05) is 42.9 Å². The molecule has 2 amide bonds. The van der Waals surface area contributed by atoms with Gasteiger partial charge in [0.1, 0.15) is 11.9 Å². The van der Waals surface area contributed by atoms with E-state index in [9.17, 15) is 22.8 Å². The number of hydrogen-bond donors (Lipinski definition) is 2. The maximum atomic E-state index is 14.0. The Bertz CT molecular complexity index is 1010. The van der Waals surface area contributed by atoms with Crippen molar-refractivity contribution < 1.29 is 22.8 Å². The summed E-state index contributed by atoms with van der Waals surface area (Å²) < 4.78 is 40.7. The normalized spacial score (nSPS) is 21.0. The summed E-state index contributed by atoms with van der Waals surface area (Å²) in [5, 5.41) is 6.10. The van der Waals surface area contributed by atoms with E-state index >= 15 is 0 Å². The number of alkyl halides is 2. The summed E-state index contributed by atoms with van der Waals surface area (Å²) in [7, 11) is 0. The van der Waals surface area contributed by atoms with Crippen LogP contribution in [0.2, 0.25) is 5.02 Å². The molecule has 32 heavy (non-hydrogen) atoms. The van der Waals surface area contributed by atoms with Crippen LogP contribution in [0.1, 0.15) is 37.3 Å². The first kappa shape index (κ1) is 22.5. The molecule has 2 aromatic rings. The molecule has 2 aliphatic rings. The Hall–Kier alpha value is -2.65. The second-order valence-corrected chi connectivity index (χ2v) is 8.54. The number of pyridine rings is 1. The van der Waals surface area contributed by atoms with Crippen LogP contribution < -0.4 is 15.5 Å². The van der Waals surface area contributed by atoms with Crippen LogP contribution in [0.3, 0.4) is 0 Å². The molecular weight excluding hydrogens is 445 g/mol. The standard InChI is InChI=1S/C22H22ClF3N4O2/c23-17-4-2-1-3-16(17)19(12-28-14-8-22(25,26)9-14)30(15-7-13(24)10-27-11-15)21(32)18-5-6-20(31)29-18/h1-4,7,10-11,14,18-19,28H,5-6,8-9,12H2,(H,29,31)/t18?,19-/m0/s1. The summed E-state index contributed by atoms with van der Waals surface area (Å²) in [5.41, 5.74) is 0.747. The zero-order valence-corrected chi connectivity index (χ0v) is 17.8. The van der Waals surface area contributed by atoms with Crippen LogP contribution in [-0.2, 0) is 9.59 Å². The van der Waals surface area contributed by atoms with Gasteiger partial charge in [-0.25, -0.2) is 13.2 Å². The molecular formula is C22H22ClF3N4O2. The minimum atomic E-state index is -2.70. The van der Waals surface area contributed by atoms with E-state index in [1.807, 2.05) is 0 Å². The highest BCUT2D eigenvalue weighted by atomic mass is 35.5. The lowest BCUT2D eigenvalue weighted by Gasteiger charge is -2.39. The molecule has 10 heteroatoms. The van der Waals surface area contributed by atoms with Gasteiger partial charge in [-0.2, -0.15) is 0 Å². The van der Waals surface area contributed by atoms with Gasteiger partial charge in [0.15, 0.2) is 0 Å². The van der Waals surface area contributed by atoms with Crippen LogP contribution in [0.4, 0.5) is 18.9 Å². The van der Waals surface area contributed by atoms with Gasteiger partial charge >= 0.3 is 0 Å². The summed E-state index contributed by atoms with van der Waals surface area (Å²) in [6.45, 7) is 0.105. The van der Waals surface area contributed by atoms with Crippen molar-refractivity contribution in [3.63, 3.8) is 0 Å². The van der Waals surface area contributed by atoms with Gasteiger partial charge in [-0.3, -0.25) is 14.6 Å². The Kier molecular flexibility index (Phi) is 6.39. The molecule has 1 saturated carbocycles. The van der Waals surface area contributed by atoms with Crippen LogP contribution >= 0.6 is 11.6 Å². The van der Waals surface area contributed by atoms with Crippen molar-refractivity contribution in [1.82, 2.24) is 15.6 Å². The molecule has 2 heterocycles. The number of halogens is 4. The van der Waals surface area contributed by atoms with Gasteiger partial charge in [-0.05, 0) is 18.1 Å². The minimum absolute atomic E-state index is 0.105. The zero-order valence-electron chi connectivity index (χ0n) is 17.0. The molecule has 2 fully saturated rings. The van der Waals surface area contributed by atoms with Crippen molar-refractivity contribution in [3.05, 3.63) is 59.1 Å². The van der Waals surface area contributed by atoms with Gasteiger partial charge in [0.25, 0.3) is 5.92 Å². The number of nitrogens with one attached hydrogen (secondary N) is 2. The largest absolute Gasteiger partial charge is 0.344 e. The molecule has 1 unspecified atom stereocenters. The van der Waals surface area contributed by atoms with Crippen molar-refractivity contribution in [2.75, 3.05) is 11.4 Å². The molecule has 2 N–H and O–H groups in total. The van der Waals surface area contributed by atoms with Crippen LogP contribution in [-0.4, -0.2) is 41.3 Å². The molecule has 6 nitrogen and oxygen atoms in total. The van der Waals surface area contributed by atoms with Crippen molar-refractivity contribution in [1.29, 1.82) is 0 Å². The smallest absolute Gasteiger partial charge is 0.251 e. The highest BCUT2D eigenvalue weighted by Crippen LogP contribution is 2.38. The van der Waals surface area contributed by atoms with Gasteiger partial charge in [0.2, 0.25) is 11.8 Å². The van der Waals surface area contributed by atoms with Crippen LogP contribution in [0.15, 0.2) is 42.7 Å². The molecule has 1 aromatic carbocycles. The fourth-order valence-corrected chi connectivity index (χ4v) is 4.39. The monoisotopic (exact) mass is 466 g/mol. The first-order valence-corrected chi connectivity index (χ1v) is 10.7. The van der Waals surface area contributed by atoms with E-state index in [4.69, 9.17) is 11.6 Å². The van der Waals surface area contributed by atoms with E-state index in [1.165, 1.54) is 17.2 Å². The third-order valence-electron chi connectivity index (χ3n) is 5.77. The molecule has 1 aliphatic carbocycles. The Morgan fingerprint density at radius 2 is 2.06 bits per heavy atom. The summed E-state index contributed by atoms with van der Waals surface area (Å²) in [6, 6.07) is 6.09. The number of amides is 2. The van der Waals surface area contributed by atoms with Gasteiger partial charge in [0.05, 0.1) is 24.1 Å². The SMILES string of the molecule is O=C1CCC(C(=O)N(c2cncc(F)c2)[C@@H](CNC2CC(F)(F)C2)c2ccccc2Cl)N1. The summed E-state index contributed by atoms with van der Waals surface area (Å²) in [5.74, 6) is -4.04. The summed E-state index contributed by atoms with van der Waals surface area (Å²) in [4.78, 5) is 30.5. The Morgan fingerprint density at radius 3 is 2.69 bits per heavy atom. The summed E-state index contributed by atoms with van der Waals surface area (Å²) in [6.07, 6.45) is 2.28. The number of benzene rings is 1. The second-order valence-electron chi connectivity index (χ2n) is 8.14. The van der Waals surface area contributed by atoms with Crippen LogP contribution in [0.25, 0.3) is 0 Å². The van der Waals surface area contributed by atoms with Gasteiger partial charge < -0.3 is 15.5 Å². The van der Waals surface area contributed by atoms with Gasteiger partial charge in [-0.1, -0.05) is 29.8 Å². The second kappa shape index (κ2) is 9.07. The lowest BCUT2D eigenvalue weighted by molar-refractivity contribution is -0.124. The van der Waals surface area contributed by atoms with E-state index in [-0.39, 0.29) is 37.4 Å². The predicted octanol–water partition coefficient (Wildman–Crippen LogP) is 3.61. The number of hydrogen-bond acceptors (Lipinski definition) is 4. The van der Waals surface area contributed by atoms with E-state index in [2.05, 4.69) is 15.6 Å². The molecule has 1 aliphatic heterocycles. The predicted molar refractivity (Wildman–Crippen MR) is 113 cm³/mol. The number of rotatable bonds is 7. The van der Waals surface area contributed by atoms with E-state index in [0.29, 0.717) is 17.0 Å². The third kappa shape index (κ3) is 4.88. The fourth-order valence-electron chi connectivity index (χ4n) is 4.13. The fraction of sp³-hybridized carbons (Fsp3) is 0.409. The minimum Gasteiger partial charge on any atom is -0.344 e. The quantitative estimate of drug-likeness (QED) is 0.653. The number of anilines is 1. The first-order chi connectivity index (χ1) is 15.2. The van der Waals surface area contributed by atoms with E-state index in [0.717, 1.165) is 6.20 Å². The number of carbonyl (C=O) groups is 2. The topological polar surface area (TPSA) is 74.3 Å². The highest BCUT2D eigenvalue weighted by molar-refractivity contribution is 6.31. The van der Waals surface area contributed by atoms with Crippen LogP contribution in [0, 0.1) is 5.82 Å².